The molecule has 1 N–H and O–H groups in total. The molecule has 1 radical (unpaired) electrons. The summed E-state index contributed by atoms with van der Waals surface area (Å²) in [6.45, 7) is 2.97. The van der Waals surface area contributed by atoms with Gasteiger partial charge in [-0.3, -0.25) is 9.19 Å². The molecule has 1 saturated carbocycles. The number of para-hydroxylation sites is 2. The van der Waals surface area contributed by atoms with Crippen LogP contribution in [0, 0.1) is 6.92 Å². The number of benzene rings is 1. The zero-order valence-electron chi connectivity index (χ0n) is 17.2. The fourth-order valence-corrected chi connectivity index (χ4v) is 4.74. The quantitative estimate of drug-likeness (QED) is 0.619. The van der Waals surface area contributed by atoms with Crippen molar-refractivity contribution in [3.63, 3.8) is 0 Å². The van der Waals surface area contributed by atoms with Crippen molar-refractivity contribution >= 4 is 51.4 Å². The van der Waals surface area contributed by atoms with Crippen LogP contribution >= 0.6 is 0 Å². The number of hydrogen-bond donors (Lipinski definition) is 1. The monoisotopic (exact) mass is 436 g/mol. The number of hydrogen-bond acceptors (Lipinski definition) is 6. The molecule has 0 amide bonds. The number of fused-ring (bicyclic) bond motifs is 1. The van der Waals surface area contributed by atoms with Crippen molar-refractivity contribution in [1.29, 1.82) is 0 Å². The first-order chi connectivity index (χ1) is 14.1. The van der Waals surface area contributed by atoms with Gasteiger partial charge >= 0.3 is 0 Å². The molecule has 1 atom stereocenters. The van der Waals surface area contributed by atoms with Gasteiger partial charge in [0.05, 0.1) is 46.5 Å². The van der Waals surface area contributed by atoms with E-state index in [-0.39, 0.29) is 47.2 Å². The number of imidazole rings is 1. The molecule has 1 spiro atoms. The van der Waals surface area contributed by atoms with Crippen LogP contribution in [0.25, 0.3) is 11.0 Å². The van der Waals surface area contributed by atoms with Crippen LogP contribution in [0.15, 0.2) is 41.7 Å². The van der Waals surface area contributed by atoms with E-state index < -0.39 is 10.8 Å². The molecule has 3 heterocycles. The van der Waals surface area contributed by atoms with E-state index in [1.54, 1.807) is 6.20 Å². The number of pyridine rings is 1. The van der Waals surface area contributed by atoms with Gasteiger partial charge in [-0.2, -0.15) is 0 Å². The Morgan fingerprint density at radius 3 is 2.70 bits per heavy atom. The summed E-state index contributed by atoms with van der Waals surface area (Å²) in [6, 6.07) is 9.48. The van der Waals surface area contributed by atoms with E-state index in [9.17, 15) is 4.21 Å². The number of aromatic nitrogens is 3. The molecule has 9 heteroatoms. The Hall–Kier alpha value is -1.29. The molecule has 1 aromatic carbocycles. The molecule has 1 unspecified atom stereocenters. The predicted octanol–water partition coefficient (Wildman–Crippen LogP) is 2.87. The van der Waals surface area contributed by atoms with Crippen LogP contribution in [0.1, 0.15) is 30.5 Å². The fraction of sp³-hybridized carbons (Fsp3) is 0.429. The van der Waals surface area contributed by atoms with Gasteiger partial charge in [0, 0.05) is 54.2 Å². The topological polar surface area (TPSA) is 86.3 Å². The third-order valence-electron chi connectivity index (χ3n) is 5.58. The van der Waals surface area contributed by atoms with Crippen molar-refractivity contribution in [3.8, 4) is 5.75 Å². The molecule has 30 heavy (non-hydrogen) atoms. The predicted molar refractivity (Wildman–Crippen MR) is 114 cm³/mol. The molecule has 1 aliphatic heterocycles. The summed E-state index contributed by atoms with van der Waals surface area (Å²) >= 11 is 0. The van der Waals surface area contributed by atoms with Gasteiger partial charge in [0.2, 0.25) is 0 Å². The van der Waals surface area contributed by atoms with Crippen molar-refractivity contribution in [1.82, 2.24) is 15.0 Å². The van der Waals surface area contributed by atoms with Gasteiger partial charge in [-0.25, -0.2) is 4.98 Å². The first kappa shape index (κ1) is 21.9. The third kappa shape index (κ3) is 4.35. The second-order valence-electron chi connectivity index (χ2n) is 7.56. The number of nitrogens with zero attached hydrogens (tertiary/aromatic N) is 2. The number of aromatic amines is 1. The normalized spacial score (nSPS) is 19.2. The van der Waals surface area contributed by atoms with E-state index in [0.29, 0.717) is 18.4 Å². The molecule has 1 aliphatic carbocycles. The van der Waals surface area contributed by atoms with Crippen LogP contribution in [0.4, 0.5) is 0 Å². The van der Waals surface area contributed by atoms with Crippen LogP contribution in [-0.2, 0) is 26.0 Å². The summed E-state index contributed by atoms with van der Waals surface area (Å²) < 4.78 is 30.7. The second-order valence-corrected chi connectivity index (χ2v) is 8.92. The van der Waals surface area contributed by atoms with Crippen LogP contribution in [0.2, 0.25) is 0 Å². The fourth-order valence-electron chi connectivity index (χ4n) is 3.64. The van der Waals surface area contributed by atoms with Gasteiger partial charge in [0.1, 0.15) is 11.9 Å². The Bertz CT molecular complexity index is 1030. The largest absolute Gasteiger partial charge is 0.485 e. The molecular formula is C21H23N3NaO4S. The maximum Gasteiger partial charge on any atom is 0.197 e. The van der Waals surface area contributed by atoms with Crippen molar-refractivity contribution in [2.24, 2.45) is 0 Å². The molecule has 7 nitrogen and oxygen atoms in total. The molecule has 5 rings (SSSR count). The molecule has 0 bridgehead atoms. The van der Waals surface area contributed by atoms with Crippen molar-refractivity contribution in [2.75, 3.05) is 13.2 Å². The van der Waals surface area contributed by atoms with Gasteiger partial charge in [-0.1, -0.05) is 12.1 Å². The van der Waals surface area contributed by atoms with Crippen molar-refractivity contribution in [3.05, 3.63) is 47.8 Å². The van der Waals surface area contributed by atoms with E-state index in [1.807, 2.05) is 37.3 Å². The minimum Gasteiger partial charge on any atom is -0.485 e. The van der Waals surface area contributed by atoms with Crippen LogP contribution in [0.5, 0.6) is 5.75 Å². The summed E-state index contributed by atoms with van der Waals surface area (Å²) in [7, 11) is -1.33. The molecule has 2 fully saturated rings. The smallest absolute Gasteiger partial charge is 0.197 e. The SMILES string of the molecule is Cc1c(OC2COC3(CCC3)OC2)ccnc1CS(=O)c1nc2ccccc2[nH]1.[Na]. The Morgan fingerprint density at radius 2 is 2.00 bits per heavy atom. The standard InChI is InChI=1S/C21H23N3O4S.Na/c1-14-18(13-29(25)20-23-16-5-2-3-6-17(16)24-20)22-10-7-19(14)28-15-11-26-21(27-12-15)8-4-9-21;/h2-3,5-7,10,15H,4,8-9,11-13H2,1H3,(H,23,24);. The molecule has 2 aromatic heterocycles. The van der Waals surface area contributed by atoms with E-state index in [4.69, 9.17) is 14.2 Å². The number of nitrogens with one attached hydrogen (secondary N) is 1. The van der Waals surface area contributed by atoms with E-state index in [0.717, 1.165) is 47.3 Å². The Balaban J connectivity index is 0.00000218. The first-order valence-electron chi connectivity index (χ1n) is 9.84. The average Bonchev–Trinajstić information content (AvgIpc) is 3.15. The maximum atomic E-state index is 12.8. The Labute approximate surface area is 199 Å². The van der Waals surface area contributed by atoms with Gasteiger partial charge in [-0.05, 0) is 31.5 Å². The van der Waals surface area contributed by atoms with Gasteiger partial charge < -0.3 is 19.2 Å². The van der Waals surface area contributed by atoms with Crippen molar-refractivity contribution < 1.29 is 18.4 Å². The minimum atomic E-state index is -1.33. The number of ether oxygens (including phenoxy) is 3. The third-order valence-corrected chi connectivity index (χ3v) is 6.74. The van der Waals surface area contributed by atoms with Crippen LogP contribution in [0.3, 0.4) is 0 Å². The maximum absolute atomic E-state index is 12.8. The molecule has 2 aliphatic rings. The molecule has 1 saturated heterocycles. The second kappa shape index (κ2) is 9.06. The van der Waals surface area contributed by atoms with Gasteiger partial charge in [0.25, 0.3) is 0 Å². The number of rotatable bonds is 5. The summed E-state index contributed by atoms with van der Waals surface area (Å²) in [4.78, 5) is 12.0. The van der Waals surface area contributed by atoms with Crippen molar-refractivity contribution in [2.45, 2.75) is 49.0 Å². The Morgan fingerprint density at radius 1 is 1.23 bits per heavy atom. The zero-order chi connectivity index (χ0) is 19.8. The molecular weight excluding hydrogens is 413 g/mol. The first-order valence-corrected chi connectivity index (χ1v) is 11.2. The Kier molecular flexibility index (Phi) is 6.62. The zero-order valence-corrected chi connectivity index (χ0v) is 20.0. The molecule has 3 aromatic rings. The van der Waals surface area contributed by atoms with E-state index in [1.165, 1.54) is 0 Å². The van der Waals surface area contributed by atoms with E-state index in [2.05, 4.69) is 15.0 Å². The summed E-state index contributed by atoms with van der Waals surface area (Å²) in [5.41, 5.74) is 3.29. The summed E-state index contributed by atoms with van der Waals surface area (Å²) in [5, 5.41) is 0.457. The van der Waals surface area contributed by atoms with Gasteiger partial charge in [0.15, 0.2) is 10.9 Å². The minimum absolute atomic E-state index is 0. The van der Waals surface area contributed by atoms with E-state index >= 15 is 0 Å². The summed E-state index contributed by atoms with van der Waals surface area (Å²) in [5.74, 6) is 0.629. The number of H-pyrrole nitrogens is 1. The summed E-state index contributed by atoms with van der Waals surface area (Å²) in [6.07, 6.45) is 4.61. The van der Waals surface area contributed by atoms with Crippen LogP contribution in [-0.4, -0.2) is 73.8 Å². The van der Waals surface area contributed by atoms with Crippen LogP contribution < -0.4 is 4.74 Å². The average molecular weight is 436 g/mol. The van der Waals surface area contributed by atoms with Gasteiger partial charge in [-0.15, -0.1) is 0 Å². The molecule has 153 valence electrons.